The first kappa shape index (κ1) is 14.1. The quantitative estimate of drug-likeness (QED) is 0.814. The second-order valence-electron chi connectivity index (χ2n) is 4.60. The third kappa shape index (κ3) is 4.08. The first-order valence-corrected chi connectivity index (χ1v) is 7.83. The van der Waals surface area contributed by atoms with Gasteiger partial charge in [0.15, 0.2) is 0 Å². The summed E-state index contributed by atoms with van der Waals surface area (Å²) < 4.78 is 0. The molecule has 1 aromatic heterocycles. The smallest absolute Gasteiger partial charge is 0.0409 e. The lowest BCUT2D eigenvalue weighted by molar-refractivity contribution is 0.296. The Balaban J connectivity index is 2.03. The maximum Gasteiger partial charge on any atom is 0.0409 e. The van der Waals surface area contributed by atoms with E-state index < -0.39 is 0 Å². The van der Waals surface area contributed by atoms with Gasteiger partial charge < -0.3 is 5.32 Å². The summed E-state index contributed by atoms with van der Waals surface area (Å²) in [4.78, 5) is 2.44. The molecule has 0 bridgehead atoms. The molecule has 0 spiro atoms. The van der Waals surface area contributed by atoms with Crippen LogP contribution in [0, 0.1) is 0 Å². The Morgan fingerprint density at radius 1 is 1.11 bits per heavy atom. The molecule has 2 nitrogen and oxygen atoms in total. The van der Waals surface area contributed by atoms with Crippen molar-refractivity contribution in [2.24, 2.45) is 0 Å². The monoisotopic (exact) mass is 274 g/mol. The molecule has 19 heavy (non-hydrogen) atoms. The van der Waals surface area contributed by atoms with Gasteiger partial charge in [-0.2, -0.15) is 11.3 Å². The molecule has 0 aliphatic heterocycles. The van der Waals surface area contributed by atoms with Crippen LogP contribution in [0.2, 0.25) is 0 Å². The fourth-order valence-electron chi connectivity index (χ4n) is 2.11. The van der Waals surface area contributed by atoms with Crippen LogP contribution in [0.3, 0.4) is 0 Å². The number of hydrogen-bond acceptors (Lipinski definition) is 3. The molecule has 3 heteroatoms. The molecule has 1 aromatic carbocycles. The third-order valence-electron chi connectivity index (χ3n) is 3.37. The van der Waals surface area contributed by atoms with Gasteiger partial charge in [0.25, 0.3) is 0 Å². The highest BCUT2D eigenvalue weighted by atomic mass is 32.1. The van der Waals surface area contributed by atoms with Gasteiger partial charge in [-0.25, -0.2) is 0 Å². The third-order valence-corrected chi connectivity index (χ3v) is 4.10. The SMILES string of the molecule is CCN(CC)Cc1ccccc1NCc1ccsc1. The van der Waals surface area contributed by atoms with Gasteiger partial charge in [0.05, 0.1) is 0 Å². The van der Waals surface area contributed by atoms with Crippen LogP contribution in [0.1, 0.15) is 25.0 Å². The number of para-hydroxylation sites is 1. The average molecular weight is 274 g/mol. The molecule has 0 amide bonds. The topological polar surface area (TPSA) is 15.3 Å². The Bertz CT molecular complexity index is 475. The molecule has 0 radical (unpaired) electrons. The van der Waals surface area contributed by atoms with Crippen molar-refractivity contribution in [3.63, 3.8) is 0 Å². The Morgan fingerprint density at radius 2 is 1.89 bits per heavy atom. The number of rotatable bonds is 7. The van der Waals surface area contributed by atoms with E-state index in [9.17, 15) is 0 Å². The van der Waals surface area contributed by atoms with Crippen molar-refractivity contribution in [2.75, 3.05) is 18.4 Å². The first-order chi connectivity index (χ1) is 9.33. The Labute approximate surface area is 120 Å². The zero-order valence-corrected chi connectivity index (χ0v) is 12.5. The zero-order valence-electron chi connectivity index (χ0n) is 11.7. The van der Waals surface area contributed by atoms with Crippen LogP contribution in [0.15, 0.2) is 41.1 Å². The zero-order chi connectivity index (χ0) is 13.5. The number of benzene rings is 1. The Hall–Kier alpha value is -1.32. The molecule has 2 rings (SSSR count). The highest BCUT2D eigenvalue weighted by molar-refractivity contribution is 7.07. The minimum absolute atomic E-state index is 0.902. The number of hydrogen-bond donors (Lipinski definition) is 1. The van der Waals surface area contributed by atoms with Gasteiger partial charge in [-0.05, 0) is 47.1 Å². The van der Waals surface area contributed by atoms with E-state index in [0.717, 1.165) is 26.2 Å². The molecule has 0 unspecified atom stereocenters. The molecule has 1 N–H and O–H groups in total. The second kappa shape index (κ2) is 7.31. The largest absolute Gasteiger partial charge is 0.381 e. The summed E-state index contributed by atoms with van der Waals surface area (Å²) in [5, 5.41) is 7.87. The average Bonchev–Trinajstić information content (AvgIpc) is 2.97. The number of anilines is 1. The summed E-state index contributed by atoms with van der Waals surface area (Å²) in [6.45, 7) is 8.53. The lowest BCUT2D eigenvalue weighted by atomic mass is 10.1. The van der Waals surface area contributed by atoms with Crippen LogP contribution >= 0.6 is 11.3 Å². The van der Waals surface area contributed by atoms with Crippen LogP contribution < -0.4 is 5.32 Å². The van der Waals surface area contributed by atoms with E-state index in [4.69, 9.17) is 0 Å². The van der Waals surface area contributed by atoms with E-state index in [1.807, 2.05) is 0 Å². The molecule has 1 heterocycles. The Morgan fingerprint density at radius 3 is 2.58 bits per heavy atom. The molecule has 102 valence electrons. The first-order valence-electron chi connectivity index (χ1n) is 6.88. The van der Waals surface area contributed by atoms with Crippen molar-refractivity contribution in [3.8, 4) is 0 Å². The maximum atomic E-state index is 3.55. The molecule has 0 aliphatic carbocycles. The van der Waals surface area contributed by atoms with Gasteiger partial charge in [-0.15, -0.1) is 0 Å². The lowest BCUT2D eigenvalue weighted by Gasteiger charge is -2.20. The molecule has 0 atom stereocenters. The predicted octanol–water partition coefficient (Wildman–Crippen LogP) is 4.20. The molecular weight excluding hydrogens is 252 g/mol. The molecule has 0 fully saturated rings. The van der Waals surface area contributed by atoms with Gasteiger partial charge in [0.2, 0.25) is 0 Å². The molecular formula is C16H22N2S. The highest BCUT2D eigenvalue weighted by Crippen LogP contribution is 2.18. The number of thiophene rings is 1. The minimum atomic E-state index is 0.902. The summed E-state index contributed by atoms with van der Waals surface area (Å²) >= 11 is 1.75. The summed E-state index contributed by atoms with van der Waals surface area (Å²) in [5.41, 5.74) is 3.98. The predicted molar refractivity (Wildman–Crippen MR) is 84.7 cm³/mol. The molecule has 0 aliphatic rings. The van der Waals surface area contributed by atoms with E-state index in [-0.39, 0.29) is 0 Å². The molecule has 0 saturated carbocycles. The lowest BCUT2D eigenvalue weighted by Crippen LogP contribution is -2.22. The second-order valence-corrected chi connectivity index (χ2v) is 5.38. The van der Waals surface area contributed by atoms with Crippen LogP contribution in [-0.2, 0) is 13.1 Å². The van der Waals surface area contributed by atoms with Crippen LogP contribution in [0.4, 0.5) is 5.69 Å². The van der Waals surface area contributed by atoms with Crippen molar-refractivity contribution in [2.45, 2.75) is 26.9 Å². The van der Waals surface area contributed by atoms with Crippen LogP contribution in [-0.4, -0.2) is 18.0 Å². The van der Waals surface area contributed by atoms with Gasteiger partial charge in [-0.3, -0.25) is 4.90 Å². The number of nitrogens with zero attached hydrogens (tertiary/aromatic N) is 1. The van der Waals surface area contributed by atoms with Gasteiger partial charge in [0.1, 0.15) is 0 Å². The fourth-order valence-corrected chi connectivity index (χ4v) is 2.78. The van der Waals surface area contributed by atoms with Crippen molar-refractivity contribution >= 4 is 17.0 Å². The number of nitrogens with one attached hydrogen (secondary N) is 1. The van der Waals surface area contributed by atoms with Gasteiger partial charge in [-0.1, -0.05) is 32.0 Å². The summed E-state index contributed by atoms with van der Waals surface area (Å²) in [5.74, 6) is 0. The fraction of sp³-hybridized carbons (Fsp3) is 0.375. The van der Waals surface area contributed by atoms with E-state index in [1.54, 1.807) is 11.3 Å². The van der Waals surface area contributed by atoms with E-state index in [0.29, 0.717) is 0 Å². The van der Waals surface area contributed by atoms with Crippen molar-refractivity contribution in [1.82, 2.24) is 4.90 Å². The maximum absolute atomic E-state index is 3.55. The Kier molecular flexibility index (Phi) is 5.43. The van der Waals surface area contributed by atoms with Crippen molar-refractivity contribution in [1.29, 1.82) is 0 Å². The highest BCUT2D eigenvalue weighted by Gasteiger charge is 2.05. The standard InChI is InChI=1S/C16H22N2S/c1-3-18(4-2)12-15-7-5-6-8-16(15)17-11-14-9-10-19-13-14/h5-10,13,17H,3-4,11-12H2,1-2H3. The normalized spacial score (nSPS) is 10.9. The molecule has 2 aromatic rings. The van der Waals surface area contributed by atoms with Crippen LogP contribution in [0.25, 0.3) is 0 Å². The summed E-state index contributed by atoms with van der Waals surface area (Å²) in [7, 11) is 0. The van der Waals surface area contributed by atoms with E-state index in [2.05, 4.69) is 65.2 Å². The summed E-state index contributed by atoms with van der Waals surface area (Å²) in [6, 6.07) is 10.8. The summed E-state index contributed by atoms with van der Waals surface area (Å²) in [6.07, 6.45) is 0. The van der Waals surface area contributed by atoms with Crippen molar-refractivity contribution in [3.05, 3.63) is 52.2 Å². The molecule has 0 saturated heterocycles. The van der Waals surface area contributed by atoms with Gasteiger partial charge in [0, 0.05) is 18.8 Å². The van der Waals surface area contributed by atoms with Crippen LogP contribution in [0.5, 0.6) is 0 Å². The van der Waals surface area contributed by atoms with E-state index >= 15 is 0 Å². The minimum Gasteiger partial charge on any atom is -0.381 e. The van der Waals surface area contributed by atoms with Gasteiger partial charge >= 0.3 is 0 Å². The van der Waals surface area contributed by atoms with Crippen molar-refractivity contribution < 1.29 is 0 Å². The van der Waals surface area contributed by atoms with E-state index in [1.165, 1.54) is 16.8 Å².